The van der Waals surface area contributed by atoms with Crippen LogP contribution >= 0.6 is 0 Å². The highest BCUT2D eigenvalue weighted by Gasteiger charge is 2.22. The molecule has 8 heteroatoms. The number of nitrogens with one attached hydrogen (secondary N) is 1. The highest BCUT2D eigenvalue weighted by Crippen LogP contribution is 2.24. The van der Waals surface area contributed by atoms with Crippen molar-refractivity contribution in [2.24, 2.45) is 0 Å². The first-order valence-corrected chi connectivity index (χ1v) is 8.26. The fourth-order valence-corrected chi connectivity index (χ4v) is 2.34. The zero-order chi connectivity index (χ0) is 19.9. The summed E-state index contributed by atoms with van der Waals surface area (Å²) in [4.78, 5) is 22.6. The van der Waals surface area contributed by atoms with Crippen molar-refractivity contribution in [2.75, 3.05) is 31.6 Å². The van der Waals surface area contributed by atoms with Gasteiger partial charge in [-0.25, -0.2) is 13.6 Å². The van der Waals surface area contributed by atoms with Crippen LogP contribution in [0.1, 0.15) is 38.1 Å². The van der Waals surface area contributed by atoms with Crippen LogP contribution in [0.15, 0.2) is 12.1 Å². The first-order valence-electron chi connectivity index (χ1n) is 8.26. The molecule has 146 valence electrons. The topological polar surface area (TPSA) is 67.9 Å². The minimum atomic E-state index is -0.878. The molecule has 1 aromatic carbocycles. The predicted octanol–water partition coefficient (Wildman–Crippen LogP) is 2.51. The number of carbonyl (C=O) groups excluding carboxylic acids is 2. The lowest BCUT2D eigenvalue weighted by molar-refractivity contribution is -0.138. The third kappa shape index (κ3) is 6.59. The maximum atomic E-state index is 14.0. The monoisotopic (exact) mass is 372 g/mol. The molecule has 1 aliphatic heterocycles. The van der Waals surface area contributed by atoms with E-state index < -0.39 is 17.6 Å². The molecule has 6 nitrogen and oxygen atoms in total. The van der Waals surface area contributed by atoms with Crippen molar-refractivity contribution in [3.05, 3.63) is 29.3 Å². The van der Waals surface area contributed by atoms with Crippen LogP contribution < -0.4 is 10.2 Å². The number of esters is 1. The summed E-state index contributed by atoms with van der Waals surface area (Å²) in [5.74, 6) is -2.26. The molecule has 1 unspecified atom stereocenters. The molecule has 0 radical (unpaired) electrons. The van der Waals surface area contributed by atoms with Crippen LogP contribution in [0.2, 0.25) is 0 Å². The van der Waals surface area contributed by atoms with E-state index in [1.54, 1.807) is 4.90 Å². The molecule has 1 atom stereocenters. The van der Waals surface area contributed by atoms with Gasteiger partial charge < -0.3 is 19.7 Å². The Morgan fingerprint density at radius 3 is 2.42 bits per heavy atom. The van der Waals surface area contributed by atoms with Crippen molar-refractivity contribution in [1.29, 1.82) is 0 Å². The van der Waals surface area contributed by atoms with Crippen molar-refractivity contribution >= 4 is 18.1 Å². The first-order chi connectivity index (χ1) is 12.1. The molecule has 0 spiro atoms. The van der Waals surface area contributed by atoms with Crippen LogP contribution in [0.25, 0.3) is 0 Å². The van der Waals surface area contributed by atoms with Gasteiger partial charge in [0.25, 0.3) is 6.47 Å². The molecule has 0 amide bonds. The van der Waals surface area contributed by atoms with E-state index in [1.807, 2.05) is 27.7 Å². The van der Waals surface area contributed by atoms with E-state index in [-0.39, 0.29) is 22.9 Å². The average molecular weight is 372 g/mol. The summed E-state index contributed by atoms with van der Waals surface area (Å²) in [5.41, 5.74) is -0.521. The minimum Gasteiger partial charge on any atom is -0.465 e. The number of benzene rings is 1. The largest absolute Gasteiger partial charge is 0.465 e. The van der Waals surface area contributed by atoms with Gasteiger partial charge in [-0.15, -0.1) is 0 Å². The van der Waals surface area contributed by atoms with Crippen LogP contribution in [-0.2, 0) is 14.3 Å². The zero-order valence-corrected chi connectivity index (χ0v) is 15.8. The number of nitrogens with zero attached hydrogens (tertiary/aromatic N) is 1. The molecule has 0 aliphatic carbocycles. The molecule has 26 heavy (non-hydrogen) atoms. The zero-order valence-electron chi connectivity index (χ0n) is 15.8. The Morgan fingerprint density at radius 2 is 1.96 bits per heavy atom. The molecule has 1 fully saturated rings. The molecular weight excluding hydrogens is 346 g/mol. The van der Waals surface area contributed by atoms with Gasteiger partial charge in [-0.05, 0) is 33.8 Å². The standard InChI is InChI=1S/C13H16F2N2O2.C5H10O2/c1-8-7-17(4-3-16-8)12-6-10(14)9(5-11(12)15)13(18)19-2;1-5(2,3)7-4-6/h5-6,8,16H,3-4,7H2,1-2H3;4H,1-3H3. The lowest BCUT2D eigenvalue weighted by Gasteiger charge is -2.33. The number of carbonyl (C=O) groups is 2. The summed E-state index contributed by atoms with van der Waals surface area (Å²) in [6, 6.07) is 2.15. The molecule has 1 saturated heterocycles. The predicted molar refractivity (Wildman–Crippen MR) is 94.3 cm³/mol. The van der Waals surface area contributed by atoms with Crippen LogP contribution in [0, 0.1) is 11.6 Å². The van der Waals surface area contributed by atoms with Crippen LogP contribution in [0.3, 0.4) is 0 Å². The maximum Gasteiger partial charge on any atom is 0.340 e. The SMILES string of the molecule is CC(C)(C)OC=O.COC(=O)c1cc(F)c(N2CCNC(C)C2)cc1F. The smallest absolute Gasteiger partial charge is 0.340 e. The Balaban J connectivity index is 0.000000412. The third-order valence-electron chi connectivity index (χ3n) is 3.55. The van der Waals surface area contributed by atoms with Gasteiger partial charge in [-0.1, -0.05) is 0 Å². The third-order valence-corrected chi connectivity index (χ3v) is 3.55. The van der Waals surface area contributed by atoms with Gasteiger partial charge in [0.15, 0.2) is 0 Å². The molecule has 2 rings (SSSR count). The fraction of sp³-hybridized carbons (Fsp3) is 0.556. The second kappa shape index (κ2) is 9.47. The van der Waals surface area contributed by atoms with E-state index in [1.165, 1.54) is 0 Å². The summed E-state index contributed by atoms with van der Waals surface area (Å²) in [7, 11) is 1.13. The molecule has 0 aromatic heterocycles. The quantitative estimate of drug-likeness (QED) is 0.650. The summed E-state index contributed by atoms with van der Waals surface area (Å²) < 4.78 is 36.8. The van der Waals surface area contributed by atoms with Gasteiger partial charge in [0.1, 0.15) is 17.2 Å². The van der Waals surface area contributed by atoms with E-state index in [0.29, 0.717) is 26.1 Å². The molecular formula is C18H26F2N2O4. The van der Waals surface area contributed by atoms with E-state index in [4.69, 9.17) is 0 Å². The van der Waals surface area contributed by atoms with Gasteiger partial charge >= 0.3 is 5.97 Å². The van der Waals surface area contributed by atoms with E-state index >= 15 is 0 Å². The molecule has 0 bridgehead atoms. The second-order valence-corrected chi connectivity index (χ2v) is 6.90. The Hall–Kier alpha value is -2.22. The Kier molecular flexibility index (Phi) is 7.95. The summed E-state index contributed by atoms with van der Waals surface area (Å²) >= 11 is 0. The molecule has 0 saturated carbocycles. The number of anilines is 1. The van der Waals surface area contributed by atoms with Crippen molar-refractivity contribution in [3.63, 3.8) is 0 Å². The van der Waals surface area contributed by atoms with E-state index in [2.05, 4.69) is 14.8 Å². The van der Waals surface area contributed by atoms with E-state index in [9.17, 15) is 18.4 Å². The van der Waals surface area contributed by atoms with Crippen LogP contribution in [0.4, 0.5) is 14.5 Å². The van der Waals surface area contributed by atoms with Crippen molar-refractivity contribution in [3.8, 4) is 0 Å². The molecule has 1 aliphatic rings. The Labute approximate surface area is 152 Å². The van der Waals surface area contributed by atoms with Gasteiger partial charge in [0, 0.05) is 31.7 Å². The van der Waals surface area contributed by atoms with Gasteiger partial charge in [0.05, 0.1) is 18.4 Å². The lowest BCUT2D eigenvalue weighted by atomic mass is 10.1. The number of piperazine rings is 1. The highest BCUT2D eigenvalue weighted by molar-refractivity contribution is 5.90. The lowest BCUT2D eigenvalue weighted by Crippen LogP contribution is -2.49. The Morgan fingerprint density at radius 1 is 1.31 bits per heavy atom. The van der Waals surface area contributed by atoms with Crippen molar-refractivity contribution in [2.45, 2.75) is 39.3 Å². The minimum absolute atomic E-state index is 0.179. The van der Waals surface area contributed by atoms with Crippen LogP contribution in [0.5, 0.6) is 0 Å². The van der Waals surface area contributed by atoms with E-state index in [0.717, 1.165) is 19.2 Å². The van der Waals surface area contributed by atoms with Gasteiger partial charge in [0.2, 0.25) is 0 Å². The van der Waals surface area contributed by atoms with Gasteiger partial charge in [-0.2, -0.15) is 0 Å². The number of ether oxygens (including phenoxy) is 2. The fourth-order valence-electron chi connectivity index (χ4n) is 2.34. The summed E-state index contributed by atoms with van der Waals surface area (Å²) in [5, 5.41) is 3.22. The van der Waals surface area contributed by atoms with Crippen molar-refractivity contribution < 1.29 is 27.8 Å². The summed E-state index contributed by atoms with van der Waals surface area (Å²) in [6.07, 6.45) is 0. The normalized spacial score (nSPS) is 17.0. The highest BCUT2D eigenvalue weighted by atomic mass is 19.1. The molecule has 1 heterocycles. The maximum absolute atomic E-state index is 14.0. The number of methoxy groups -OCH3 is 1. The Bertz CT molecular complexity index is 632. The summed E-state index contributed by atoms with van der Waals surface area (Å²) in [6.45, 7) is 9.79. The molecule has 1 aromatic rings. The molecule has 1 N–H and O–H groups in total. The van der Waals surface area contributed by atoms with Crippen LogP contribution in [-0.4, -0.2) is 50.8 Å². The first kappa shape index (κ1) is 21.8. The number of hydrogen-bond acceptors (Lipinski definition) is 6. The second-order valence-electron chi connectivity index (χ2n) is 6.90. The number of hydrogen-bond donors (Lipinski definition) is 1. The number of halogens is 2. The average Bonchev–Trinajstić information content (AvgIpc) is 2.55. The van der Waals surface area contributed by atoms with Crippen molar-refractivity contribution in [1.82, 2.24) is 5.32 Å². The van der Waals surface area contributed by atoms with Gasteiger partial charge in [-0.3, -0.25) is 4.79 Å². The number of rotatable bonds is 3.